The number of sulfonamides is 1. The molecule has 2 rings (SSSR count). The zero-order chi connectivity index (χ0) is 13.2. The number of hydrogen-bond acceptors (Lipinski definition) is 5. The molecular weight excluding hydrogens is 254 g/mol. The molecule has 0 aromatic carbocycles. The average Bonchev–Trinajstić information content (AvgIpc) is 2.72. The second-order valence-electron chi connectivity index (χ2n) is 4.67. The second kappa shape index (κ2) is 5.33. The van der Waals surface area contributed by atoms with Gasteiger partial charge in [-0.2, -0.15) is 0 Å². The number of aromatic nitrogens is 3. The van der Waals surface area contributed by atoms with Gasteiger partial charge in [0.05, 0.1) is 18.1 Å². The molecule has 0 saturated carbocycles. The van der Waals surface area contributed by atoms with Gasteiger partial charge in [-0.1, -0.05) is 5.21 Å². The zero-order valence-corrected chi connectivity index (χ0v) is 11.5. The van der Waals surface area contributed by atoms with Crippen molar-refractivity contribution in [3.63, 3.8) is 0 Å². The Kier molecular flexibility index (Phi) is 3.98. The first-order valence-corrected chi connectivity index (χ1v) is 7.83. The van der Waals surface area contributed by atoms with Crippen molar-refractivity contribution in [1.82, 2.24) is 24.6 Å². The molecule has 102 valence electrons. The quantitative estimate of drug-likeness (QED) is 0.787. The van der Waals surface area contributed by atoms with Crippen LogP contribution in [0.1, 0.15) is 18.5 Å². The number of rotatable bonds is 4. The SMILES string of the molecule is Cn1nncc1CNC1CCN(S(C)(=O)=O)CC1. The Balaban J connectivity index is 1.79. The van der Waals surface area contributed by atoms with Crippen LogP contribution >= 0.6 is 0 Å². The molecule has 1 aromatic heterocycles. The fourth-order valence-corrected chi connectivity index (χ4v) is 2.99. The Morgan fingerprint density at radius 2 is 2.11 bits per heavy atom. The van der Waals surface area contributed by atoms with E-state index in [2.05, 4.69) is 15.6 Å². The maximum Gasteiger partial charge on any atom is 0.211 e. The van der Waals surface area contributed by atoms with Crippen molar-refractivity contribution in [2.45, 2.75) is 25.4 Å². The molecule has 0 atom stereocenters. The smallest absolute Gasteiger partial charge is 0.211 e. The molecule has 18 heavy (non-hydrogen) atoms. The third-order valence-electron chi connectivity index (χ3n) is 3.30. The minimum absolute atomic E-state index is 0.359. The second-order valence-corrected chi connectivity index (χ2v) is 6.65. The third kappa shape index (κ3) is 3.27. The van der Waals surface area contributed by atoms with Crippen molar-refractivity contribution in [3.8, 4) is 0 Å². The Labute approximate surface area is 107 Å². The lowest BCUT2D eigenvalue weighted by Gasteiger charge is -2.30. The van der Waals surface area contributed by atoms with Crippen LogP contribution < -0.4 is 5.32 Å². The van der Waals surface area contributed by atoms with Crippen molar-refractivity contribution >= 4 is 10.0 Å². The molecule has 0 radical (unpaired) electrons. The van der Waals surface area contributed by atoms with E-state index in [0.29, 0.717) is 25.7 Å². The zero-order valence-electron chi connectivity index (χ0n) is 10.7. The van der Waals surface area contributed by atoms with Gasteiger partial charge in [0.1, 0.15) is 0 Å². The predicted molar refractivity (Wildman–Crippen MR) is 67.3 cm³/mol. The van der Waals surface area contributed by atoms with E-state index in [1.54, 1.807) is 10.9 Å². The van der Waals surface area contributed by atoms with Crippen molar-refractivity contribution in [1.29, 1.82) is 0 Å². The summed E-state index contributed by atoms with van der Waals surface area (Å²) in [7, 11) is -1.18. The molecule has 7 nitrogen and oxygen atoms in total. The van der Waals surface area contributed by atoms with Crippen molar-refractivity contribution < 1.29 is 8.42 Å². The molecule has 0 bridgehead atoms. The third-order valence-corrected chi connectivity index (χ3v) is 4.61. The van der Waals surface area contributed by atoms with Crippen LogP contribution in [0.2, 0.25) is 0 Å². The van der Waals surface area contributed by atoms with E-state index in [1.807, 2.05) is 7.05 Å². The summed E-state index contributed by atoms with van der Waals surface area (Å²) in [6.07, 6.45) is 4.69. The normalized spacial score (nSPS) is 19.2. The predicted octanol–water partition coefficient (Wildman–Crippen LogP) is -0.671. The van der Waals surface area contributed by atoms with E-state index < -0.39 is 10.0 Å². The maximum absolute atomic E-state index is 11.4. The van der Waals surface area contributed by atoms with Crippen LogP contribution in [0.3, 0.4) is 0 Å². The lowest BCUT2D eigenvalue weighted by Crippen LogP contribution is -2.44. The van der Waals surface area contributed by atoms with E-state index in [1.165, 1.54) is 10.6 Å². The topological polar surface area (TPSA) is 80.1 Å². The van der Waals surface area contributed by atoms with Gasteiger partial charge in [0.15, 0.2) is 0 Å². The van der Waals surface area contributed by atoms with Gasteiger partial charge in [-0.3, -0.25) is 4.68 Å². The molecule has 1 aliphatic heterocycles. The van der Waals surface area contributed by atoms with Crippen LogP contribution in [-0.4, -0.2) is 53.1 Å². The molecule has 0 unspecified atom stereocenters. The largest absolute Gasteiger partial charge is 0.308 e. The number of piperidine rings is 1. The van der Waals surface area contributed by atoms with Gasteiger partial charge in [0.25, 0.3) is 0 Å². The fraction of sp³-hybridized carbons (Fsp3) is 0.800. The van der Waals surface area contributed by atoms with Gasteiger partial charge in [-0.05, 0) is 12.8 Å². The highest BCUT2D eigenvalue weighted by molar-refractivity contribution is 7.88. The van der Waals surface area contributed by atoms with E-state index in [-0.39, 0.29) is 0 Å². The van der Waals surface area contributed by atoms with E-state index in [4.69, 9.17) is 0 Å². The molecule has 1 aromatic rings. The monoisotopic (exact) mass is 273 g/mol. The number of nitrogens with zero attached hydrogens (tertiary/aromatic N) is 4. The van der Waals surface area contributed by atoms with Crippen LogP contribution in [-0.2, 0) is 23.6 Å². The Bertz CT molecular complexity index is 490. The van der Waals surface area contributed by atoms with Crippen molar-refractivity contribution in [2.24, 2.45) is 7.05 Å². The molecule has 0 spiro atoms. The van der Waals surface area contributed by atoms with Crippen LogP contribution in [0.5, 0.6) is 0 Å². The molecular formula is C10H19N5O2S. The first-order valence-electron chi connectivity index (χ1n) is 5.99. The van der Waals surface area contributed by atoms with E-state index >= 15 is 0 Å². The van der Waals surface area contributed by atoms with Gasteiger partial charge in [-0.15, -0.1) is 5.10 Å². The van der Waals surface area contributed by atoms with Crippen molar-refractivity contribution in [3.05, 3.63) is 11.9 Å². The van der Waals surface area contributed by atoms with Gasteiger partial charge < -0.3 is 5.32 Å². The molecule has 1 N–H and O–H groups in total. The Morgan fingerprint density at radius 3 is 2.61 bits per heavy atom. The summed E-state index contributed by atoms with van der Waals surface area (Å²) in [5.41, 5.74) is 1.03. The number of aryl methyl sites for hydroxylation is 1. The molecule has 1 saturated heterocycles. The Morgan fingerprint density at radius 1 is 1.44 bits per heavy atom. The van der Waals surface area contributed by atoms with E-state index in [9.17, 15) is 8.42 Å². The van der Waals surface area contributed by atoms with Gasteiger partial charge in [-0.25, -0.2) is 12.7 Å². The highest BCUT2D eigenvalue weighted by Crippen LogP contribution is 2.13. The molecule has 8 heteroatoms. The summed E-state index contributed by atoms with van der Waals surface area (Å²) < 4.78 is 26.0. The van der Waals surface area contributed by atoms with E-state index in [0.717, 1.165) is 18.5 Å². The van der Waals surface area contributed by atoms with Crippen molar-refractivity contribution in [2.75, 3.05) is 19.3 Å². The molecule has 2 heterocycles. The lowest BCUT2D eigenvalue weighted by atomic mass is 10.1. The average molecular weight is 273 g/mol. The van der Waals surface area contributed by atoms with Crippen LogP contribution in [0.15, 0.2) is 6.20 Å². The Hall–Kier alpha value is -0.990. The minimum Gasteiger partial charge on any atom is -0.308 e. The molecule has 0 amide bonds. The van der Waals surface area contributed by atoms with Crippen LogP contribution in [0.4, 0.5) is 0 Å². The summed E-state index contributed by atoms with van der Waals surface area (Å²) >= 11 is 0. The first kappa shape index (κ1) is 13.4. The van der Waals surface area contributed by atoms with Gasteiger partial charge in [0.2, 0.25) is 10.0 Å². The van der Waals surface area contributed by atoms with Crippen LogP contribution in [0.25, 0.3) is 0 Å². The summed E-state index contributed by atoms with van der Waals surface area (Å²) in [6, 6.07) is 0.359. The summed E-state index contributed by atoms with van der Waals surface area (Å²) in [5, 5.41) is 11.1. The molecule has 1 aliphatic rings. The molecule has 0 aliphatic carbocycles. The van der Waals surface area contributed by atoms with Gasteiger partial charge in [0, 0.05) is 32.7 Å². The highest BCUT2D eigenvalue weighted by Gasteiger charge is 2.24. The number of hydrogen-bond donors (Lipinski definition) is 1. The summed E-state index contributed by atoms with van der Waals surface area (Å²) in [4.78, 5) is 0. The first-order chi connectivity index (χ1) is 8.47. The fourth-order valence-electron chi connectivity index (χ4n) is 2.11. The molecule has 1 fully saturated rings. The van der Waals surface area contributed by atoms with Crippen LogP contribution in [0, 0.1) is 0 Å². The van der Waals surface area contributed by atoms with Gasteiger partial charge >= 0.3 is 0 Å². The summed E-state index contributed by atoms with van der Waals surface area (Å²) in [6.45, 7) is 1.91. The number of nitrogens with one attached hydrogen (secondary N) is 1. The minimum atomic E-state index is -3.03. The lowest BCUT2D eigenvalue weighted by molar-refractivity contribution is 0.288. The maximum atomic E-state index is 11.4. The summed E-state index contributed by atoms with van der Waals surface area (Å²) in [5.74, 6) is 0. The highest BCUT2D eigenvalue weighted by atomic mass is 32.2. The standard InChI is InChI=1S/C10H19N5O2S/c1-14-10(8-12-13-14)7-11-9-3-5-15(6-4-9)18(2,16)17/h8-9,11H,3-7H2,1-2H3.